The van der Waals surface area contributed by atoms with E-state index in [2.05, 4.69) is 24.9 Å². The molecule has 2 heterocycles. The third kappa shape index (κ3) is 6.26. The van der Waals surface area contributed by atoms with Crippen molar-refractivity contribution in [1.29, 1.82) is 0 Å². The van der Waals surface area contributed by atoms with Gasteiger partial charge in [-0.1, -0.05) is 0 Å². The van der Waals surface area contributed by atoms with Gasteiger partial charge in [-0.15, -0.1) is 0 Å². The maximum atomic E-state index is 12.1. The molecule has 1 aliphatic rings. The number of aromatic nitrogens is 1. The first-order valence-electron chi connectivity index (χ1n) is 8.50. The van der Waals surface area contributed by atoms with Gasteiger partial charge in [-0.05, 0) is 25.5 Å². The highest BCUT2D eigenvalue weighted by Crippen LogP contribution is 2.13. The average Bonchev–Trinajstić information content (AvgIpc) is 3.11. The van der Waals surface area contributed by atoms with Crippen LogP contribution in [-0.2, 0) is 14.8 Å². The van der Waals surface area contributed by atoms with E-state index in [1.54, 1.807) is 6.07 Å². The molecule has 1 atom stereocenters. The molecule has 1 saturated heterocycles. The minimum Gasteiger partial charge on any atom is -0.381 e. The predicted molar refractivity (Wildman–Crippen MR) is 97.0 cm³/mol. The molecule has 0 aliphatic carbocycles. The van der Waals surface area contributed by atoms with E-state index in [1.807, 2.05) is 14.0 Å². The summed E-state index contributed by atoms with van der Waals surface area (Å²) >= 11 is 0. The van der Waals surface area contributed by atoms with E-state index in [9.17, 15) is 8.42 Å². The van der Waals surface area contributed by atoms with Crippen LogP contribution in [0, 0.1) is 5.92 Å². The van der Waals surface area contributed by atoms with Crippen molar-refractivity contribution in [3.8, 4) is 0 Å². The molecule has 140 valence electrons. The normalized spacial score (nSPS) is 18.3. The molecule has 2 rings (SSSR count). The van der Waals surface area contributed by atoms with Crippen molar-refractivity contribution in [2.45, 2.75) is 18.2 Å². The fourth-order valence-electron chi connectivity index (χ4n) is 2.60. The molecule has 0 saturated carbocycles. The molecule has 1 unspecified atom stereocenters. The van der Waals surface area contributed by atoms with E-state index in [-0.39, 0.29) is 11.4 Å². The third-order valence-corrected chi connectivity index (χ3v) is 5.31. The minimum atomic E-state index is -3.54. The first-order valence-corrected chi connectivity index (χ1v) is 9.98. The Balaban J connectivity index is 1.86. The number of ether oxygens (including phenoxy) is 1. The molecular formula is C16H27N5O3S. The Morgan fingerprint density at radius 2 is 2.36 bits per heavy atom. The van der Waals surface area contributed by atoms with Crippen LogP contribution in [0.15, 0.2) is 34.4 Å². The lowest BCUT2D eigenvalue weighted by Gasteiger charge is -2.24. The summed E-state index contributed by atoms with van der Waals surface area (Å²) in [6, 6.07) is 3.11. The van der Waals surface area contributed by atoms with Crippen LogP contribution < -0.4 is 10.0 Å². The zero-order valence-corrected chi connectivity index (χ0v) is 15.6. The maximum absolute atomic E-state index is 12.1. The lowest BCUT2D eigenvalue weighted by atomic mass is 10.1. The van der Waals surface area contributed by atoms with Crippen LogP contribution in [0.1, 0.15) is 13.3 Å². The Labute approximate surface area is 149 Å². The average molecular weight is 369 g/mol. The van der Waals surface area contributed by atoms with Gasteiger partial charge >= 0.3 is 0 Å². The molecule has 0 aromatic carbocycles. The summed E-state index contributed by atoms with van der Waals surface area (Å²) in [6.07, 6.45) is 3.93. The third-order valence-electron chi connectivity index (χ3n) is 3.86. The molecule has 9 heteroatoms. The van der Waals surface area contributed by atoms with E-state index in [4.69, 9.17) is 4.74 Å². The van der Waals surface area contributed by atoms with E-state index in [0.717, 1.165) is 38.7 Å². The second kappa shape index (κ2) is 9.69. The summed E-state index contributed by atoms with van der Waals surface area (Å²) in [5.41, 5.74) is 0. The SMILES string of the molecule is CCNC(=NCCNS(=O)(=O)c1cccnc1)N(C)CC1CCOC1. The summed E-state index contributed by atoms with van der Waals surface area (Å²) in [7, 11) is -1.56. The van der Waals surface area contributed by atoms with Crippen molar-refractivity contribution in [1.82, 2.24) is 19.9 Å². The van der Waals surface area contributed by atoms with Crippen molar-refractivity contribution in [3.63, 3.8) is 0 Å². The summed E-state index contributed by atoms with van der Waals surface area (Å²) in [6.45, 7) is 5.82. The van der Waals surface area contributed by atoms with Crippen molar-refractivity contribution in [2.24, 2.45) is 10.9 Å². The Morgan fingerprint density at radius 1 is 1.52 bits per heavy atom. The van der Waals surface area contributed by atoms with Gasteiger partial charge in [-0.3, -0.25) is 9.98 Å². The highest BCUT2D eigenvalue weighted by Gasteiger charge is 2.19. The van der Waals surface area contributed by atoms with Crippen LogP contribution in [0.5, 0.6) is 0 Å². The topological polar surface area (TPSA) is 95.9 Å². The number of aliphatic imine (C=N–C) groups is 1. The number of rotatable bonds is 8. The van der Waals surface area contributed by atoms with Crippen molar-refractivity contribution in [2.75, 3.05) is 46.4 Å². The van der Waals surface area contributed by atoms with Gasteiger partial charge in [0.2, 0.25) is 10.0 Å². The van der Waals surface area contributed by atoms with Gasteiger partial charge in [0.15, 0.2) is 5.96 Å². The van der Waals surface area contributed by atoms with E-state index < -0.39 is 10.0 Å². The van der Waals surface area contributed by atoms with Crippen molar-refractivity contribution in [3.05, 3.63) is 24.5 Å². The smallest absolute Gasteiger partial charge is 0.242 e. The predicted octanol–water partition coefficient (Wildman–Crippen LogP) is 0.294. The first kappa shape index (κ1) is 19.6. The summed E-state index contributed by atoms with van der Waals surface area (Å²) < 4.78 is 32.2. The Kier molecular flexibility index (Phi) is 7.60. The molecule has 0 amide bonds. The van der Waals surface area contributed by atoms with Crippen LogP contribution in [0.25, 0.3) is 0 Å². The molecule has 1 aromatic rings. The van der Waals surface area contributed by atoms with Crippen molar-refractivity contribution < 1.29 is 13.2 Å². The highest BCUT2D eigenvalue weighted by molar-refractivity contribution is 7.89. The maximum Gasteiger partial charge on any atom is 0.242 e. The molecular weight excluding hydrogens is 342 g/mol. The Bertz CT molecular complexity index is 645. The molecule has 1 fully saturated rings. The zero-order valence-electron chi connectivity index (χ0n) is 14.8. The number of hydrogen-bond acceptors (Lipinski definition) is 5. The summed E-state index contributed by atoms with van der Waals surface area (Å²) in [5.74, 6) is 1.29. The highest BCUT2D eigenvalue weighted by atomic mass is 32.2. The van der Waals surface area contributed by atoms with Gasteiger partial charge in [0, 0.05) is 51.6 Å². The largest absolute Gasteiger partial charge is 0.381 e. The number of nitrogens with zero attached hydrogens (tertiary/aromatic N) is 3. The molecule has 1 aliphatic heterocycles. The van der Waals surface area contributed by atoms with Crippen LogP contribution in [0.2, 0.25) is 0 Å². The van der Waals surface area contributed by atoms with Gasteiger partial charge in [0.1, 0.15) is 4.90 Å². The van der Waals surface area contributed by atoms with E-state index in [1.165, 1.54) is 18.5 Å². The lowest BCUT2D eigenvalue weighted by Crippen LogP contribution is -2.42. The van der Waals surface area contributed by atoms with Gasteiger partial charge in [-0.2, -0.15) is 0 Å². The van der Waals surface area contributed by atoms with Gasteiger partial charge in [0.05, 0.1) is 13.2 Å². The zero-order chi connectivity index (χ0) is 18.1. The van der Waals surface area contributed by atoms with Crippen LogP contribution in [0.4, 0.5) is 0 Å². The second-order valence-corrected chi connectivity index (χ2v) is 7.70. The second-order valence-electron chi connectivity index (χ2n) is 5.93. The molecule has 25 heavy (non-hydrogen) atoms. The minimum absolute atomic E-state index is 0.157. The standard InChI is InChI=1S/C16H27N5O3S/c1-3-18-16(21(2)12-14-6-10-24-13-14)19-8-9-20-25(22,23)15-5-4-7-17-11-15/h4-5,7,11,14,20H,3,6,8-10,12-13H2,1-2H3,(H,18,19). The van der Waals surface area contributed by atoms with Crippen LogP contribution in [-0.4, -0.2) is 70.7 Å². The fraction of sp³-hybridized carbons (Fsp3) is 0.625. The van der Waals surface area contributed by atoms with Crippen LogP contribution >= 0.6 is 0 Å². The summed E-state index contributed by atoms with van der Waals surface area (Å²) in [5, 5.41) is 3.23. The summed E-state index contributed by atoms with van der Waals surface area (Å²) in [4.78, 5) is 10.6. The monoisotopic (exact) mass is 369 g/mol. The van der Waals surface area contributed by atoms with E-state index in [0.29, 0.717) is 12.5 Å². The number of pyridine rings is 1. The quantitative estimate of drug-likeness (QED) is 0.389. The molecule has 0 radical (unpaired) electrons. The van der Waals surface area contributed by atoms with Crippen molar-refractivity contribution >= 4 is 16.0 Å². The van der Waals surface area contributed by atoms with Crippen LogP contribution in [0.3, 0.4) is 0 Å². The van der Waals surface area contributed by atoms with E-state index >= 15 is 0 Å². The number of sulfonamides is 1. The molecule has 8 nitrogen and oxygen atoms in total. The lowest BCUT2D eigenvalue weighted by molar-refractivity contribution is 0.181. The van der Waals surface area contributed by atoms with Gasteiger partial charge in [0.25, 0.3) is 0 Å². The Hall–Kier alpha value is -1.71. The molecule has 2 N–H and O–H groups in total. The van der Waals surface area contributed by atoms with Gasteiger partial charge < -0.3 is 15.0 Å². The molecule has 1 aromatic heterocycles. The molecule has 0 spiro atoms. The number of guanidine groups is 1. The molecule has 0 bridgehead atoms. The Morgan fingerprint density at radius 3 is 3.00 bits per heavy atom. The fourth-order valence-corrected chi connectivity index (χ4v) is 3.59. The first-order chi connectivity index (χ1) is 12.0. The number of hydrogen-bond donors (Lipinski definition) is 2. The number of nitrogens with one attached hydrogen (secondary N) is 2. The van der Waals surface area contributed by atoms with Gasteiger partial charge in [-0.25, -0.2) is 13.1 Å².